The second-order valence-electron chi connectivity index (χ2n) is 31.7. The van der Waals surface area contributed by atoms with Crippen molar-refractivity contribution in [2.75, 3.05) is 42.7 Å². The Balaban J connectivity index is 0.000000156. The molecular formula is C115H108O15S3. The summed E-state index contributed by atoms with van der Waals surface area (Å²) in [6.45, 7) is 19.7. The summed E-state index contributed by atoms with van der Waals surface area (Å²) in [6.07, 6.45) is 0. The van der Waals surface area contributed by atoms with Crippen molar-refractivity contribution in [1.82, 2.24) is 0 Å². The topological polar surface area (TPSA) is 209 Å². The minimum atomic E-state index is -3.70. The van der Waals surface area contributed by atoms with Gasteiger partial charge in [-0.25, -0.2) is 25.3 Å². The molecule has 15 nitrogen and oxygen atoms in total. The van der Waals surface area contributed by atoms with Crippen LogP contribution in [-0.4, -0.2) is 85.3 Å². The van der Waals surface area contributed by atoms with E-state index in [0.717, 1.165) is 117 Å². The van der Waals surface area contributed by atoms with E-state index in [2.05, 4.69) is 19.1 Å². The molecule has 0 amide bonds. The van der Waals surface area contributed by atoms with Gasteiger partial charge >= 0.3 is 0 Å². The maximum atomic E-state index is 13.5. The van der Waals surface area contributed by atoms with Crippen molar-refractivity contribution >= 4 is 46.9 Å². The molecule has 0 unspecified atom stereocenters. The average Bonchev–Trinajstić information content (AvgIpc) is 0.775. The smallest absolute Gasteiger partial charge is 0.206 e. The predicted molar refractivity (Wildman–Crippen MR) is 532 cm³/mol. The molecule has 0 spiro atoms. The van der Waals surface area contributed by atoms with Crippen molar-refractivity contribution in [1.29, 1.82) is 0 Å². The van der Waals surface area contributed by atoms with Gasteiger partial charge in [-0.2, -0.15) is 0 Å². The Kier molecular flexibility index (Phi) is 33.9. The Bertz CT molecular complexity index is 7110. The van der Waals surface area contributed by atoms with E-state index in [1.165, 1.54) is 5.56 Å². The molecule has 16 aromatic carbocycles. The molecule has 0 saturated heterocycles. The Morgan fingerprint density at radius 1 is 0.188 bits per heavy atom. The number of ether oxygens (including phenoxy) is 6. The fourth-order valence-electron chi connectivity index (χ4n) is 14.4. The summed E-state index contributed by atoms with van der Waals surface area (Å²) in [4.78, 5) is 39.5. The molecule has 0 aliphatic carbocycles. The number of methoxy groups -OCH3 is 6. The minimum Gasteiger partial charge on any atom is -0.497 e. The standard InChI is InChI=1S/C27H22O2.C26H22O3S.C17H18O2.C16H18O3S.C15H14O2.C14H14O3S/c1-19-13-14-22(17-24(19)20-9-5-3-6-10-20)27(28)23-15-16-26(29-2)25(18-23)21-11-7-4-8-12-21;1-19-13-14-22(17-24(19)20-9-5-3-6-10-20)30(27,28)23-15-16-26(29-2)25(18-23)21-11-7-4-8-12-21;1-11-5-6-14(9-12(11)2)17(18)15-7-8-16(19-4)13(3)10-15;1-11-5-6-14(9-12(11)2)20(17,18)15-7-8-16(19-4)13(3)10-15;1-11-3-5-12(6-4-11)15(16)13-7-9-14(17-2)10-8-13;1-11-3-7-13(8-4-11)18(15,16)14-9-5-12(17-2)6-10-14/h3-18H,1-2H3;3-18H,1-2H3;5-10H,1-4H3;5-10H,1-4H3;3-10H,1-2H3;3-10H,1-2H3. The molecule has 0 aliphatic heterocycles. The van der Waals surface area contributed by atoms with Crippen molar-refractivity contribution in [3.8, 4) is 79.0 Å². The third-order valence-corrected chi connectivity index (χ3v) is 27.8. The van der Waals surface area contributed by atoms with Gasteiger partial charge in [0, 0.05) is 44.5 Å². The lowest BCUT2D eigenvalue weighted by molar-refractivity contribution is 0.103. The molecule has 0 N–H and O–H groups in total. The van der Waals surface area contributed by atoms with Crippen LogP contribution < -0.4 is 28.4 Å². The molecule has 0 bridgehead atoms. The summed E-state index contributed by atoms with van der Waals surface area (Å²) >= 11 is 0. The molecule has 0 saturated carbocycles. The van der Waals surface area contributed by atoms with Crippen LogP contribution in [0.25, 0.3) is 44.5 Å². The van der Waals surface area contributed by atoms with Gasteiger partial charge in [0.15, 0.2) is 17.3 Å². The summed E-state index contributed by atoms with van der Waals surface area (Å²) in [5.74, 6) is 4.35. The zero-order chi connectivity index (χ0) is 95.7. The largest absolute Gasteiger partial charge is 0.497 e. The number of benzene rings is 16. The second kappa shape index (κ2) is 45.6. The zero-order valence-corrected chi connectivity index (χ0v) is 79.9. The van der Waals surface area contributed by atoms with Crippen molar-refractivity contribution in [2.45, 2.75) is 98.6 Å². The number of carbonyl (C=O) groups is 3. The van der Waals surface area contributed by atoms with E-state index in [9.17, 15) is 39.6 Å². The number of hydrogen-bond donors (Lipinski definition) is 0. The first kappa shape index (κ1) is 98.8. The summed E-state index contributed by atoms with van der Waals surface area (Å²) in [6, 6.07) is 111. The van der Waals surface area contributed by atoms with Gasteiger partial charge in [-0.15, -0.1) is 0 Å². The first-order valence-corrected chi connectivity index (χ1v) is 47.3. The molecule has 18 heteroatoms. The number of rotatable bonds is 22. The maximum Gasteiger partial charge on any atom is 0.206 e. The first-order chi connectivity index (χ1) is 63.8. The lowest BCUT2D eigenvalue weighted by Gasteiger charge is -2.13. The number of hydrogen-bond acceptors (Lipinski definition) is 15. The highest BCUT2D eigenvalue weighted by atomic mass is 32.2. The maximum absolute atomic E-state index is 13.5. The summed E-state index contributed by atoms with van der Waals surface area (Å²) < 4.78 is 108. The molecule has 0 heterocycles. The van der Waals surface area contributed by atoms with E-state index in [1.807, 2.05) is 281 Å². The van der Waals surface area contributed by atoms with Gasteiger partial charge in [0.05, 0.1) is 72.0 Å². The van der Waals surface area contributed by atoms with Gasteiger partial charge in [-0.3, -0.25) is 14.4 Å². The monoisotopic (exact) mass is 1820 g/mol. The summed E-state index contributed by atoms with van der Waals surface area (Å²) in [7, 11) is -1.03. The lowest BCUT2D eigenvalue weighted by Crippen LogP contribution is -2.03. The average molecular weight is 1830 g/mol. The fourth-order valence-corrected chi connectivity index (χ4v) is 18.4. The normalized spacial score (nSPS) is 10.8. The van der Waals surface area contributed by atoms with Crippen LogP contribution in [0.1, 0.15) is 103 Å². The first-order valence-electron chi connectivity index (χ1n) is 42.8. The van der Waals surface area contributed by atoms with Crippen LogP contribution in [0.2, 0.25) is 0 Å². The molecule has 0 radical (unpaired) electrons. The van der Waals surface area contributed by atoms with E-state index in [0.29, 0.717) is 59.8 Å². The Labute approximate surface area is 782 Å². The van der Waals surface area contributed by atoms with E-state index < -0.39 is 29.5 Å². The van der Waals surface area contributed by atoms with Crippen molar-refractivity contribution in [3.05, 3.63) is 453 Å². The second-order valence-corrected chi connectivity index (χ2v) is 37.5. The highest BCUT2D eigenvalue weighted by Crippen LogP contribution is 2.38. The molecule has 133 heavy (non-hydrogen) atoms. The minimum absolute atomic E-state index is 0.00187. The third-order valence-electron chi connectivity index (χ3n) is 22.6. The molecule has 16 rings (SSSR count). The molecule has 676 valence electrons. The van der Waals surface area contributed by atoms with Gasteiger partial charge in [0.2, 0.25) is 29.5 Å². The zero-order valence-electron chi connectivity index (χ0n) is 77.5. The van der Waals surface area contributed by atoms with Crippen LogP contribution in [0.3, 0.4) is 0 Å². The number of sulfone groups is 3. The van der Waals surface area contributed by atoms with E-state index in [4.69, 9.17) is 28.4 Å². The van der Waals surface area contributed by atoms with E-state index in [-0.39, 0.29) is 32.0 Å². The molecular weight excluding hydrogens is 1720 g/mol. The van der Waals surface area contributed by atoms with Crippen LogP contribution in [0.4, 0.5) is 0 Å². The van der Waals surface area contributed by atoms with Gasteiger partial charge < -0.3 is 28.4 Å². The van der Waals surface area contributed by atoms with Crippen molar-refractivity contribution < 1.29 is 68.1 Å². The SMILES string of the molecule is COc1ccc(C(=O)c2ccc(C)c(-c3ccccc3)c2)cc1-c1ccccc1.COc1ccc(C(=O)c2ccc(C)c(C)c2)cc1C.COc1ccc(C(=O)c2ccc(C)cc2)cc1.COc1ccc(S(=O)(=O)c2ccc(C)c(-c3ccccc3)c2)cc1-c1ccccc1.COc1ccc(S(=O)(=O)c2ccc(C)c(C)c2)cc1C.COc1ccc(S(=O)(=O)c2ccc(C)cc2)cc1. The fraction of sp³-hybridized carbons (Fsp3) is 0.139. The van der Waals surface area contributed by atoms with Crippen LogP contribution in [0, 0.1) is 69.2 Å². The number of carbonyl (C=O) groups excluding carboxylic acids is 3. The Morgan fingerprint density at radius 2 is 0.429 bits per heavy atom. The molecule has 0 atom stereocenters. The van der Waals surface area contributed by atoms with Crippen LogP contribution in [0.5, 0.6) is 34.5 Å². The quantitative estimate of drug-likeness (QED) is 0.0578. The highest BCUT2D eigenvalue weighted by Gasteiger charge is 2.25. The lowest BCUT2D eigenvalue weighted by atomic mass is 9.93. The summed E-state index contributed by atoms with van der Waals surface area (Å²) in [5, 5.41) is 0. The van der Waals surface area contributed by atoms with Crippen LogP contribution in [0.15, 0.2) is 393 Å². The van der Waals surface area contributed by atoms with Gasteiger partial charge in [-0.1, -0.05) is 205 Å². The Morgan fingerprint density at radius 3 is 0.827 bits per heavy atom. The molecule has 0 aromatic heterocycles. The number of aryl methyl sites for hydroxylation is 10. The molecule has 0 fully saturated rings. The van der Waals surface area contributed by atoms with Crippen molar-refractivity contribution in [2.24, 2.45) is 0 Å². The van der Waals surface area contributed by atoms with Gasteiger partial charge in [-0.05, 0) is 317 Å². The number of ketones is 3. The summed E-state index contributed by atoms with van der Waals surface area (Å²) in [5.41, 5.74) is 22.3. The molecule has 16 aromatic rings. The van der Waals surface area contributed by atoms with Crippen LogP contribution in [-0.2, 0) is 29.5 Å². The van der Waals surface area contributed by atoms with Gasteiger partial charge in [0.25, 0.3) is 0 Å². The third kappa shape index (κ3) is 25.0. The predicted octanol–water partition coefficient (Wildman–Crippen LogP) is 26.1. The van der Waals surface area contributed by atoms with E-state index in [1.54, 1.807) is 176 Å². The molecule has 0 aliphatic rings. The highest BCUT2D eigenvalue weighted by molar-refractivity contribution is 7.92. The van der Waals surface area contributed by atoms with Crippen LogP contribution >= 0.6 is 0 Å². The van der Waals surface area contributed by atoms with E-state index >= 15 is 0 Å². The van der Waals surface area contributed by atoms with Gasteiger partial charge in [0.1, 0.15) is 34.5 Å². The van der Waals surface area contributed by atoms with Crippen molar-refractivity contribution in [3.63, 3.8) is 0 Å². The Hall–Kier alpha value is -14.8.